The predicted molar refractivity (Wildman–Crippen MR) is 97.4 cm³/mol. The fraction of sp³-hybridized carbons (Fsp3) is 0.316. The number of halogens is 2. The van der Waals surface area contributed by atoms with E-state index >= 15 is 0 Å². The molecule has 0 aliphatic rings. The van der Waals surface area contributed by atoms with Gasteiger partial charge in [-0.2, -0.15) is 0 Å². The van der Waals surface area contributed by atoms with E-state index in [9.17, 15) is 9.18 Å². The topological polar surface area (TPSA) is 46.3 Å². The van der Waals surface area contributed by atoms with E-state index in [1.807, 2.05) is 37.3 Å². The summed E-state index contributed by atoms with van der Waals surface area (Å²) in [5.74, 6) is -0.326. The van der Waals surface area contributed by atoms with Gasteiger partial charge in [-0.25, -0.2) is 4.39 Å². The highest BCUT2D eigenvalue weighted by Gasteiger charge is 2.20. The number of nitrogens with zero attached hydrogens (tertiary/aromatic N) is 1. The van der Waals surface area contributed by atoms with Gasteiger partial charge in [0, 0.05) is 25.1 Å². The van der Waals surface area contributed by atoms with Crippen LogP contribution >= 0.6 is 12.4 Å². The Hall–Kier alpha value is -1.91. The number of carbonyl (C=O) groups excluding carboxylic acids is 1. The Morgan fingerprint density at radius 3 is 2.33 bits per heavy atom. The first-order valence-corrected chi connectivity index (χ1v) is 7.81. The van der Waals surface area contributed by atoms with Crippen LogP contribution in [0.4, 0.5) is 4.39 Å². The minimum absolute atomic E-state index is 0. The summed E-state index contributed by atoms with van der Waals surface area (Å²) in [5.41, 5.74) is 7.67. The SMILES string of the molecule is CC(c1ccccc1F)N(C)C(=O)CCC(N)c1ccccc1.Cl. The van der Waals surface area contributed by atoms with Crippen LogP contribution in [-0.4, -0.2) is 17.9 Å². The molecule has 24 heavy (non-hydrogen) atoms. The summed E-state index contributed by atoms with van der Waals surface area (Å²) in [6, 6.07) is 15.8. The molecule has 0 aromatic heterocycles. The average molecular weight is 351 g/mol. The van der Waals surface area contributed by atoms with Crippen LogP contribution in [-0.2, 0) is 4.79 Å². The minimum atomic E-state index is -0.309. The van der Waals surface area contributed by atoms with Gasteiger partial charge in [0.2, 0.25) is 5.91 Å². The van der Waals surface area contributed by atoms with Crippen molar-refractivity contribution in [2.24, 2.45) is 5.73 Å². The fourth-order valence-corrected chi connectivity index (χ4v) is 2.56. The Morgan fingerprint density at radius 2 is 1.71 bits per heavy atom. The van der Waals surface area contributed by atoms with Gasteiger partial charge >= 0.3 is 0 Å². The number of nitrogens with two attached hydrogens (primary N) is 1. The first-order valence-electron chi connectivity index (χ1n) is 7.81. The van der Waals surface area contributed by atoms with E-state index in [2.05, 4.69) is 0 Å². The third-order valence-corrected chi connectivity index (χ3v) is 4.23. The van der Waals surface area contributed by atoms with Gasteiger partial charge in [-0.1, -0.05) is 48.5 Å². The van der Waals surface area contributed by atoms with Gasteiger partial charge in [0.05, 0.1) is 6.04 Å². The average Bonchev–Trinajstić information content (AvgIpc) is 2.59. The van der Waals surface area contributed by atoms with Crippen molar-refractivity contribution in [1.29, 1.82) is 0 Å². The molecule has 130 valence electrons. The van der Waals surface area contributed by atoms with Gasteiger partial charge in [-0.05, 0) is 25.0 Å². The van der Waals surface area contributed by atoms with Crippen LogP contribution in [0.25, 0.3) is 0 Å². The van der Waals surface area contributed by atoms with Gasteiger partial charge in [-0.15, -0.1) is 12.4 Å². The van der Waals surface area contributed by atoms with Crippen molar-refractivity contribution < 1.29 is 9.18 Å². The quantitative estimate of drug-likeness (QED) is 0.846. The summed E-state index contributed by atoms with van der Waals surface area (Å²) in [6.45, 7) is 1.83. The number of carbonyl (C=O) groups is 1. The summed E-state index contributed by atoms with van der Waals surface area (Å²) in [4.78, 5) is 13.9. The molecule has 0 fully saturated rings. The molecule has 0 aliphatic carbocycles. The molecule has 0 aliphatic heterocycles. The Balaban J connectivity index is 0.00000288. The first kappa shape index (κ1) is 20.1. The lowest BCUT2D eigenvalue weighted by atomic mass is 10.0. The lowest BCUT2D eigenvalue weighted by Crippen LogP contribution is -2.30. The highest BCUT2D eigenvalue weighted by molar-refractivity contribution is 5.85. The molecular formula is C19H24ClFN2O. The largest absolute Gasteiger partial charge is 0.339 e. The standard InChI is InChI=1S/C19H23FN2O.ClH/c1-14(16-10-6-7-11-17(16)20)22(2)19(23)13-12-18(21)15-8-4-3-5-9-15;/h3-11,14,18H,12-13,21H2,1-2H3;1H. The van der Waals surface area contributed by atoms with E-state index in [0.717, 1.165) is 5.56 Å². The summed E-state index contributed by atoms with van der Waals surface area (Å²) in [7, 11) is 1.70. The van der Waals surface area contributed by atoms with E-state index < -0.39 is 0 Å². The monoisotopic (exact) mass is 350 g/mol. The second-order valence-corrected chi connectivity index (χ2v) is 5.76. The van der Waals surface area contributed by atoms with E-state index in [1.165, 1.54) is 6.07 Å². The zero-order valence-corrected chi connectivity index (χ0v) is 14.8. The van der Waals surface area contributed by atoms with Gasteiger partial charge in [0.1, 0.15) is 5.82 Å². The number of amides is 1. The molecule has 5 heteroatoms. The van der Waals surface area contributed by atoms with Crippen molar-refractivity contribution in [3.05, 3.63) is 71.5 Å². The third-order valence-electron chi connectivity index (χ3n) is 4.23. The molecule has 0 heterocycles. The smallest absolute Gasteiger partial charge is 0.222 e. The van der Waals surface area contributed by atoms with E-state index in [4.69, 9.17) is 5.73 Å². The van der Waals surface area contributed by atoms with Crippen LogP contribution in [0.1, 0.15) is 43.0 Å². The highest BCUT2D eigenvalue weighted by Crippen LogP contribution is 2.23. The van der Waals surface area contributed by atoms with Crippen LogP contribution in [0.15, 0.2) is 54.6 Å². The molecule has 0 saturated carbocycles. The van der Waals surface area contributed by atoms with E-state index in [1.54, 1.807) is 30.1 Å². The molecular weight excluding hydrogens is 327 g/mol. The van der Waals surface area contributed by atoms with Crippen molar-refractivity contribution in [2.45, 2.75) is 31.8 Å². The first-order chi connectivity index (χ1) is 11.0. The number of rotatable bonds is 6. The maximum atomic E-state index is 13.8. The fourth-order valence-electron chi connectivity index (χ4n) is 2.56. The van der Waals surface area contributed by atoms with Crippen molar-refractivity contribution in [1.82, 2.24) is 4.90 Å². The molecule has 0 spiro atoms. The number of hydrogen-bond donors (Lipinski definition) is 1. The van der Waals surface area contributed by atoms with Crippen molar-refractivity contribution in [3.8, 4) is 0 Å². The molecule has 2 aromatic rings. The Kier molecular flexibility index (Phi) is 7.89. The Bertz CT molecular complexity index is 651. The molecule has 1 amide bonds. The maximum absolute atomic E-state index is 13.8. The molecule has 3 nitrogen and oxygen atoms in total. The molecule has 0 radical (unpaired) electrons. The summed E-state index contributed by atoms with van der Waals surface area (Å²) in [6.07, 6.45) is 0.905. The molecule has 0 bridgehead atoms. The maximum Gasteiger partial charge on any atom is 0.222 e. The molecule has 2 aromatic carbocycles. The van der Waals surface area contributed by atoms with Crippen molar-refractivity contribution in [2.75, 3.05) is 7.05 Å². The van der Waals surface area contributed by atoms with Gasteiger partial charge in [0.25, 0.3) is 0 Å². The Labute approximate surface area is 149 Å². The van der Waals surface area contributed by atoms with Crippen LogP contribution in [0.2, 0.25) is 0 Å². The van der Waals surface area contributed by atoms with Crippen LogP contribution in [0.5, 0.6) is 0 Å². The van der Waals surface area contributed by atoms with Gasteiger partial charge in [0.15, 0.2) is 0 Å². The summed E-state index contributed by atoms with van der Waals surface area (Å²) >= 11 is 0. The van der Waals surface area contributed by atoms with E-state index in [-0.39, 0.29) is 36.2 Å². The normalized spacial score (nSPS) is 12.8. The molecule has 2 atom stereocenters. The van der Waals surface area contributed by atoms with Crippen LogP contribution in [0, 0.1) is 5.82 Å². The van der Waals surface area contributed by atoms with Crippen LogP contribution < -0.4 is 5.73 Å². The molecule has 2 unspecified atom stereocenters. The lowest BCUT2D eigenvalue weighted by Gasteiger charge is -2.26. The van der Waals surface area contributed by atoms with Gasteiger partial charge in [-0.3, -0.25) is 4.79 Å². The van der Waals surface area contributed by atoms with Crippen molar-refractivity contribution in [3.63, 3.8) is 0 Å². The molecule has 2 N–H and O–H groups in total. The van der Waals surface area contributed by atoms with Gasteiger partial charge < -0.3 is 10.6 Å². The zero-order chi connectivity index (χ0) is 16.8. The second kappa shape index (κ2) is 9.40. The predicted octanol–water partition coefficient (Wildman–Crippen LogP) is 4.25. The zero-order valence-electron chi connectivity index (χ0n) is 14.0. The number of hydrogen-bond acceptors (Lipinski definition) is 2. The lowest BCUT2D eigenvalue weighted by molar-refractivity contribution is -0.132. The molecule has 2 rings (SSSR count). The minimum Gasteiger partial charge on any atom is -0.339 e. The number of benzene rings is 2. The second-order valence-electron chi connectivity index (χ2n) is 5.76. The van der Waals surface area contributed by atoms with Crippen molar-refractivity contribution >= 4 is 18.3 Å². The van der Waals surface area contributed by atoms with Crippen LogP contribution in [0.3, 0.4) is 0 Å². The summed E-state index contributed by atoms with van der Waals surface area (Å²) < 4.78 is 13.8. The molecule has 0 saturated heterocycles. The van der Waals surface area contributed by atoms with E-state index in [0.29, 0.717) is 18.4 Å². The third kappa shape index (κ3) is 5.05. The summed E-state index contributed by atoms with van der Waals surface area (Å²) in [5, 5.41) is 0. The highest BCUT2D eigenvalue weighted by atomic mass is 35.5. The Morgan fingerprint density at radius 1 is 1.12 bits per heavy atom.